The van der Waals surface area contributed by atoms with Crippen LogP contribution < -0.4 is 5.32 Å². The molecule has 3 nitrogen and oxygen atoms in total. The van der Waals surface area contributed by atoms with Gasteiger partial charge in [0.15, 0.2) is 0 Å². The number of rotatable bonds is 3. The van der Waals surface area contributed by atoms with Crippen molar-refractivity contribution in [2.24, 2.45) is 5.92 Å². The summed E-state index contributed by atoms with van der Waals surface area (Å²) in [4.78, 5) is 0. The predicted octanol–water partition coefficient (Wildman–Crippen LogP) is 2.28. The third-order valence-electron chi connectivity index (χ3n) is 3.12. The third-order valence-corrected chi connectivity index (χ3v) is 3.12. The first kappa shape index (κ1) is 10.7. The number of aryl methyl sites for hydroxylation is 1. The summed E-state index contributed by atoms with van der Waals surface area (Å²) in [7, 11) is 2.00. The number of furan rings is 1. The Balaban J connectivity index is 2.08. The summed E-state index contributed by atoms with van der Waals surface area (Å²) in [6, 6.07) is 4.44. The van der Waals surface area contributed by atoms with Crippen LogP contribution >= 0.6 is 0 Å². The minimum atomic E-state index is 0.336. The molecule has 0 aromatic carbocycles. The van der Waals surface area contributed by atoms with Crippen LogP contribution in [0.4, 0.5) is 0 Å². The van der Waals surface area contributed by atoms with Crippen LogP contribution in [0.15, 0.2) is 16.5 Å². The average Bonchev–Trinajstić information content (AvgIpc) is 2.68. The highest BCUT2D eigenvalue weighted by Gasteiger charge is 2.26. The van der Waals surface area contributed by atoms with Gasteiger partial charge in [-0.3, -0.25) is 0 Å². The third kappa shape index (κ3) is 2.41. The molecule has 1 atom stereocenters. The van der Waals surface area contributed by atoms with Crippen molar-refractivity contribution >= 4 is 0 Å². The zero-order valence-corrected chi connectivity index (χ0v) is 9.45. The van der Waals surface area contributed by atoms with Crippen LogP contribution in [0.3, 0.4) is 0 Å². The molecule has 15 heavy (non-hydrogen) atoms. The first-order valence-corrected chi connectivity index (χ1v) is 5.62. The van der Waals surface area contributed by atoms with Crippen molar-refractivity contribution in [2.45, 2.75) is 25.8 Å². The van der Waals surface area contributed by atoms with Gasteiger partial charge in [-0.05, 0) is 44.9 Å². The van der Waals surface area contributed by atoms with E-state index >= 15 is 0 Å². The highest BCUT2D eigenvalue weighted by molar-refractivity contribution is 5.10. The van der Waals surface area contributed by atoms with E-state index in [0.717, 1.165) is 37.6 Å². The fourth-order valence-electron chi connectivity index (χ4n) is 2.28. The molecule has 1 aromatic heterocycles. The molecular weight excluding hydrogens is 190 g/mol. The molecule has 1 fully saturated rings. The molecule has 1 aromatic rings. The van der Waals surface area contributed by atoms with Gasteiger partial charge >= 0.3 is 0 Å². The molecule has 1 unspecified atom stereocenters. The second-order valence-electron chi connectivity index (χ2n) is 4.16. The van der Waals surface area contributed by atoms with Gasteiger partial charge in [0.1, 0.15) is 11.5 Å². The summed E-state index contributed by atoms with van der Waals surface area (Å²) >= 11 is 0. The Morgan fingerprint density at radius 2 is 2.07 bits per heavy atom. The Labute approximate surface area is 90.8 Å². The van der Waals surface area contributed by atoms with E-state index in [0.29, 0.717) is 12.0 Å². The first-order chi connectivity index (χ1) is 7.31. The topological polar surface area (TPSA) is 34.4 Å². The molecule has 2 heterocycles. The number of ether oxygens (including phenoxy) is 1. The molecule has 1 saturated heterocycles. The van der Waals surface area contributed by atoms with E-state index in [1.54, 1.807) is 0 Å². The van der Waals surface area contributed by atoms with Crippen LogP contribution in [0.2, 0.25) is 0 Å². The van der Waals surface area contributed by atoms with Crippen LogP contribution in [-0.4, -0.2) is 20.3 Å². The number of nitrogens with one attached hydrogen (secondary N) is 1. The molecular formula is C12H19NO2. The lowest BCUT2D eigenvalue weighted by Crippen LogP contribution is -2.29. The van der Waals surface area contributed by atoms with E-state index in [2.05, 4.69) is 11.4 Å². The number of hydrogen-bond donors (Lipinski definition) is 1. The SMILES string of the molecule is CNC(c1ccc(C)o1)C1CCOCC1. The molecule has 0 aliphatic carbocycles. The second-order valence-corrected chi connectivity index (χ2v) is 4.16. The molecule has 1 aliphatic rings. The Morgan fingerprint density at radius 1 is 1.33 bits per heavy atom. The molecule has 0 bridgehead atoms. The minimum Gasteiger partial charge on any atom is -0.465 e. The molecule has 0 spiro atoms. The van der Waals surface area contributed by atoms with Gasteiger partial charge in [-0.25, -0.2) is 0 Å². The smallest absolute Gasteiger partial charge is 0.121 e. The predicted molar refractivity (Wildman–Crippen MR) is 58.8 cm³/mol. The molecule has 1 N–H and O–H groups in total. The maximum atomic E-state index is 5.69. The van der Waals surface area contributed by atoms with Gasteiger partial charge in [0.25, 0.3) is 0 Å². The highest BCUT2D eigenvalue weighted by Crippen LogP contribution is 2.30. The largest absolute Gasteiger partial charge is 0.465 e. The van der Waals surface area contributed by atoms with Crippen LogP contribution in [0, 0.1) is 12.8 Å². The van der Waals surface area contributed by atoms with Gasteiger partial charge in [-0.2, -0.15) is 0 Å². The minimum absolute atomic E-state index is 0.336. The Morgan fingerprint density at radius 3 is 2.60 bits per heavy atom. The summed E-state index contributed by atoms with van der Waals surface area (Å²) in [6.45, 7) is 3.74. The zero-order valence-electron chi connectivity index (χ0n) is 9.45. The summed E-state index contributed by atoms with van der Waals surface area (Å²) in [5.41, 5.74) is 0. The monoisotopic (exact) mass is 209 g/mol. The van der Waals surface area contributed by atoms with Gasteiger partial charge < -0.3 is 14.5 Å². The van der Waals surface area contributed by atoms with Gasteiger partial charge in [-0.1, -0.05) is 0 Å². The molecule has 2 rings (SSSR count). The van der Waals surface area contributed by atoms with Crippen molar-refractivity contribution in [3.63, 3.8) is 0 Å². The van der Waals surface area contributed by atoms with Crippen molar-refractivity contribution < 1.29 is 9.15 Å². The Hall–Kier alpha value is -0.800. The van der Waals surface area contributed by atoms with Crippen LogP contribution in [0.25, 0.3) is 0 Å². The van der Waals surface area contributed by atoms with Crippen LogP contribution in [0.5, 0.6) is 0 Å². The van der Waals surface area contributed by atoms with Gasteiger partial charge in [0, 0.05) is 13.2 Å². The normalized spacial score (nSPS) is 20.4. The van der Waals surface area contributed by atoms with Crippen molar-refractivity contribution in [1.29, 1.82) is 0 Å². The summed E-state index contributed by atoms with van der Waals surface area (Å²) in [6.07, 6.45) is 2.23. The standard InChI is InChI=1S/C12H19NO2/c1-9-3-4-11(15-9)12(13-2)10-5-7-14-8-6-10/h3-4,10,12-13H,5-8H2,1-2H3. The molecule has 0 saturated carbocycles. The maximum Gasteiger partial charge on any atom is 0.121 e. The maximum absolute atomic E-state index is 5.69. The van der Waals surface area contributed by atoms with Crippen molar-refractivity contribution in [1.82, 2.24) is 5.32 Å². The zero-order chi connectivity index (χ0) is 10.7. The van der Waals surface area contributed by atoms with Crippen molar-refractivity contribution in [3.8, 4) is 0 Å². The second kappa shape index (κ2) is 4.81. The van der Waals surface area contributed by atoms with Crippen molar-refractivity contribution in [3.05, 3.63) is 23.7 Å². The van der Waals surface area contributed by atoms with Crippen LogP contribution in [0.1, 0.15) is 30.4 Å². The van der Waals surface area contributed by atoms with E-state index in [4.69, 9.17) is 9.15 Å². The van der Waals surface area contributed by atoms with Gasteiger partial charge in [0.2, 0.25) is 0 Å². The quantitative estimate of drug-likeness (QED) is 0.829. The molecule has 3 heteroatoms. The first-order valence-electron chi connectivity index (χ1n) is 5.62. The Bertz CT molecular complexity index is 302. The van der Waals surface area contributed by atoms with E-state index in [1.165, 1.54) is 0 Å². The summed E-state index contributed by atoms with van der Waals surface area (Å²) in [5, 5.41) is 3.35. The van der Waals surface area contributed by atoms with Gasteiger partial charge in [0.05, 0.1) is 6.04 Å². The fourth-order valence-corrected chi connectivity index (χ4v) is 2.28. The average molecular weight is 209 g/mol. The highest BCUT2D eigenvalue weighted by atomic mass is 16.5. The number of hydrogen-bond acceptors (Lipinski definition) is 3. The lowest BCUT2D eigenvalue weighted by atomic mass is 9.90. The van der Waals surface area contributed by atoms with Gasteiger partial charge in [-0.15, -0.1) is 0 Å². The molecule has 0 radical (unpaired) electrons. The molecule has 1 aliphatic heterocycles. The van der Waals surface area contributed by atoms with Crippen LogP contribution in [-0.2, 0) is 4.74 Å². The molecule has 0 amide bonds. The van der Waals surface area contributed by atoms with E-state index in [1.807, 2.05) is 20.0 Å². The molecule has 84 valence electrons. The van der Waals surface area contributed by atoms with Crippen molar-refractivity contribution in [2.75, 3.05) is 20.3 Å². The Kier molecular flexibility index (Phi) is 3.44. The summed E-state index contributed by atoms with van der Waals surface area (Å²) in [5.74, 6) is 2.67. The van der Waals surface area contributed by atoms with E-state index in [-0.39, 0.29) is 0 Å². The lowest BCUT2D eigenvalue weighted by Gasteiger charge is -2.28. The lowest BCUT2D eigenvalue weighted by molar-refractivity contribution is 0.0517. The van der Waals surface area contributed by atoms with E-state index in [9.17, 15) is 0 Å². The van der Waals surface area contributed by atoms with E-state index < -0.39 is 0 Å². The summed E-state index contributed by atoms with van der Waals surface area (Å²) < 4.78 is 11.1. The fraction of sp³-hybridized carbons (Fsp3) is 0.667.